The molecule has 2 aliphatic rings. The molecule has 0 aliphatic carbocycles. The summed E-state index contributed by atoms with van der Waals surface area (Å²) in [6, 6.07) is 11.6. The number of rotatable bonds is 4. The summed E-state index contributed by atoms with van der Waals surface area (Å²) < 4.78 is 28.6. The fourth-order valence-electron chi connectivity index (χ4n) is 4.05. The number of nitrogens with zero attached hydrogens (tertiary/aromatic N) is 5. The fourth-order valence-corrected chi connectivity index (χ4v) is 7.64. The average molecular weight is 508 g/mol. The molecule has 4 heterocycles. The number of halogens is 1. The van der Waals surface area contributed by atoms with Crippen molar-refractivity contribution < 1.29 is 8.42 Å². The first-order valence-electron chi connectivity index (χ1n) is 10.0. The first-order valence-corrected chi connectivity index (χ1v) is 13.1. The molecule has 0 amide bonds. The van der Waals surface area contributed by atoms with E-state index in [4.69, 9.17) is 9.97 Å². The van der Waals surface area contributed by atoms with Crippen LogP contribution in [-0.2, 0) is 10.0 Å². The van der Waals surface area contributed by atoms with E-state index in [0.717, 1.165) is 33.6 Å². The first-order chi connectivity index (χ1) is 14.5. The second kappa shape index (κ2) is 8.07. The zero-order valence-corrected chi connectivity index (χ0v) is 19.6. The van der Waals surface area contributed by atoms with Crippen molar-refractivity contribution in [2.24, 2.45) is 0 Å². The second-order valence-corrected chi connectivity index (χ2v) is 12.1. The Labute approximate surface area is 188 Å². The fraction of sp³-hybridized carbons (Fsp3) is 0.400. The average Bonchev–Trinajstić information content (AvgIpc) is 3.45. The topological polar surface area (TPSA) is 69.6 Å². The van der Waals surface area contributed by atoms with Crippen molar-refractivity contribution in [3.63, 3.8) is 0 Å². The summed E-state index contributed by atoms with van der Waals surface area (Å²) in [5.74, 6) is 1.68. The van der Waals surface area contributed by atoms with E-state index < -0.39 is 10.0 Å². The standard InChI is InChI=1S/C20H22BrN5O2S2/c21-17-7-8-18(29-17)30(27,28)26-13-11-25(12-14-26)20-22-16-6-2-1-5-15(16)19(23-20)24-9-3-4-10-24/h1-2,5-8H,3-4,9-14H2. The van der Waals surface area contributed by atoms with Crippen molar-refractivity contribution in [2.75, 3.05) is 49.1 Å². The molecular weight excluding hydrogens is 486 g/mol. The minimum atomic E-state index is -3.46. The number of hydrogen-bond acceptors (Lipinski definition) is 7. The first kappa shape index (κ1) is 20.2. The Morgan fingerprint density at radius 1 is 0.867 bits per heavy atom. The highest BCUT2D eigenvalue weighted by molar-refractivity contribution is 9.11. The second-order valence-electron chi connectivity index (χ2n) is 7.51. The number of sulfonamides is 1. The molecule has 3 aromatic rings. The van der Waals surface area contributed by atoms with Gasteiger partial charge in [0.25, 0.3) is 10.0 Å². The number of benzene rings is 1. The molecule has 2 saturated heterocycles. The van der Waals surface area contributed by atoms with E-state index in [9.17, 15) is 8.42 Å². The quantitative estimate of drug-likeness (QED) is 0.537. The molecule has 10 heteroatoms. The molecule has 0 radical (unpaired) electrons. The van der Waals surface area contributed by atoms with Crippen LogP contribution in [0, 0.1) is 0 Å². The lowest BCUT2D eigenvalue weighted by Gasteiger charge is -2.34. The van der Waals surface area contributed by atoms with E-state index in [1.807, 2.05) is 18.2 Å². The van der Waals surface area contributed by atoms with Crippen molar-refractivity contribution in [3.8, 4) is 0 Å². The van der Waals surface area contributed by atoms with Crippen LogP contribution >= 0.6 is 27.3 Å². The van der Waals surface area contributed by atoms with Gasteiger partial charge >= 0.3 is 0 Å². The molecule has 158 valence electrons. The van der Waals surface area contributed by atoms with Gasteiger partial charge in [-0.15, -0.1) is 11.3 Å². The van der Waals surface area contributed by atoms with Crippen LogP contribution in [0.25, 0.3) is 10.9 Å². The van der Waals surface area contributed by atoms with Crippen LogP contribution in [0.3, 0.4) is 0 Å². The molecule has 0 bridgehead atoms. The van der Waals surface area contributed by atoms with Gasteiger partial charge in [-0.2, -0.15) is 9.29 Å². The number of anilines is 2. The predicted octanol–water partition coefficient (Wildman–Crippen LogP) is 3.56. The van der Waals surface area contributed by atoms with Crippen molar-refractivity contribution in [1.29, 1.82) is 0 Å². The third kappa shape index (κ3) is 3.70. The summed E-state index contributed by atoms with van der Waals surface area (Å²) in [7, 11) is -3.46. The Bertz CT molecular complexity index is 1170. The Hall–Kier alpha value is -1.75. The molecular formula is C20H22BrN5O2S2. The summed E-state index contributed by atoms with van der Waals surface area (Å²) >= 11 is 4.60. The molecule has 0 unspecified atom stereocenters. The van der Waals surface area contributed by atoms with Gasteiger partial charge in [0.2, 0.25) is 5.95 Å². The van der Waals surface area contributed by atoms with E-state index in [2.05, 4.69) is 31.8 Å². The summed E-state index contributed by atoms with van der Waals surface area (Å²) in [6.07, 6.45) is 2.37. The molecule has 2 aromatic heterocycles. The van der Waals surface area contributed by atoms with Gasteiger partial charge in [-0.3, -0.25) is 0 Å². The minimum Gasteiger partial charge on any atom is -0.356 e. The number of fused-ring (bicyclic) bond motifs is 1. The van der Waals surface area contributed by atoms with Gasteiger partial charge in [-0.25, -0.2) is 13.4 Å². The summed E-state index contributed by atoms with van der Waals surface area (Å²) in [5, 5.41) is 1.08. The molecule has 2 fully saturated rings. The van der Waals surface area contributed by atoms with Crippen LogP contribution in [0.5, 0.6) is 0 Å². The van der Waals surface area contributed by atoms with Crippen molar-refractivity contribution >= 4 is 60.0 Å². The molecule has 0 atom stereocenters. The van der Waals surface area contributed by atoms with E-state index >= 15 is 0 Å². The number of thiophene rings is 1. The van der Waals surface area contributed by atoms with E-state index in [1.54, 1.807) is 16.4 Å². The van der Waals surface area contributed by atoms with E-state index in [0.29, 0.717) is 36.3 Å². The lowest BCUT2D eigenvalue weighted by molar-refractivity contribution is 0.383. The number of piperazine rings is 1. The number of para-hydroxylation sites is 1. The van der Waals surface area contributed by atoms with Gasteiger partial charge in [0.15, 0.2) is 0 Å². The number of aromatic nitrogens is 2. The maximum atomic E-state index is 12.9. The lowest BCUT2D eigenvalue weighted by Crippen LogP contribution is -2.49. The van der Waals surface area contributed by atoms with Crippen LogP contribution in [0.2, 0.25) is 0 Å². The summed E-state index contributed by atoms with van der Waals surface area (Å²) in [5.41, 5.74) is 0.933. The highest BCUT2D eigenvalue weighted by Crippen LogP contribution is 2.31. The van der Waals surface area contributed by atoms with Gasteiger partial charge in [0.1, 0.15) is 10.0 Å². The summed E-state index contributed by atoms with van der Waals surface area (Å²) in [4.78, 5) is 14.2. The Balaban J connectivity index is 1.40. The van der Waals surface area contributed by atoms with Crippen LogP contribution in [0.1, 0.15) is 12.8 Å². The number of hydrogen-bond donors (Lipinski definition) is 0. The van der Waals surface area contributed by atoms with Crippen molar-refractivity contribution in [3.05, 3.63) is 40.2 Å². The molecule has 5 rings (SSSR count). The predicted molar refractivity (Wildman–Crippen MR) is 124 cm³/mol. The van der Waals surface area contributed by atoms with Crippen LogP contribution < -0.4 is 9.80 Å². The van der Waals surface area contributed by atoms with Crippen LogP contribution in [0.4, 0.5) is 11.8 Å². The monoisotopic (exact) mass is 507 g/mol. The third-order valence-corrected chi connectivity index (χ3v) is 9.63. The largest absolute Gasteiger partial charge is 0.356 e. The van der Waals surface area contributed by atoms with Gasteiger partial charge in [-0.1, -0.05) is 12.1 Å². The van der Waals surface area contributed by atoms with Crippen molar-refractivity contribution in [2.45, 2.75) is 17.1 Å². The molecule has 7 nitrogen and oxygen atoms in total. The van der Waals surface area contributed by atoms with Gasteiger partial charge in [0, 0.05) is 44.7 Å². The molecule has 1 aromatic carbocycles. The lowest BCUT2D eigenvalue weighted by atomic mass is 10.2. The minimum absolute atomic E-state index is 0.376. The third-order valence-electron chi connectivity index (χ3n) is 5.64. The molecule has 2 aliphatic heterocycles. The SMILES string of the molecule is O=S(=O)(c1ccc(Br)s1)N1CCN(c2nc(N3CCCC3)c3ccccc3n2)CC1. The zero-order chi connectivity index (χ0) is 20.7. The van der Waals surface area contributed by atoms with Gasteiger partial charge in [-0.05, 0) is 53.0 Å². The molecule has 0 spiro atoms. The van der Waals surface area contributed by atoms with Crippen LogP contribution in [-0.4, -0.2) is 62.0 Å². The van der Waals surface area contributed by atoms with E-state index in [-0.39, 0.29) is 0 Å². The highest BCUT2D eigenvalue weighted by Gasteiger charge is 2.31. The molecule has 0 N–H and O–H groups in total. The Kier molecular flexibility index (Phi) is 5.42. The Morgan fingerprint density at radius 2 is 1.60 bits per heavy atom. The normalized spacial score (nSPS) is 18.4. The zero-order valence-electron chi connectivity index (χ0n) is 16.4. The summed E-state index contributed by atoms with van der Waals surface area (Å²) in [6.45, 7) is 4.03. The molecule has 0 saturated carbocycles. The smallest absolute Gasteiger partial charge is 0.252 e. The maximum absolute atomic E-state index is 12.9. The highest BCUT2D eigenvalue weighted by atomic mass is 79.9. The molecule has 30 heavy (non-hydrogen) atoms. The van der Waals surface area contributed by atoms with Gasteiger partial charge in [0.05, 0.1) is 9.30 Å². The maximum Gasteiger partial charge on any atom is 0.252 e. The van der Waals surface area contributed by atoms with Crippen LogP contribution in [0.15, 0.2) is 44.4 Å². The van der Waals surface area contributed by atoms with Gasteiger partial charge < -0.3 is 9.80 Å². The van der Waals surface area contributed by atoms with Crippen molar-refractivity contribution in [1.82, 2.24) is 14.3 Å². The Morgan fingerprint density at radius 3 is 2.30 bits per heavy atom. The van der Waals surface area contributed by atoms with E-state index in [1.165, 1.54) is 24.2 Å².